The predicted molar refractivity (Wildman–Crippen MR) is 77.7 cm³/mol. The minimum absolute atomic E-state index is 0.177. The van der Waals surface area contributed by atoms with Gasteiger partial charge in [0.25, 0.3) is 5.22 Å². The maximum Gasteiger partial charge on any atom is 0.327 e. The second-order valence-corrected chi connectivity index (χ2v) is 6.13. The van der Waals surface area contributed by atoms with Crippen LogP contribution in [-0.4, -0.2) is 35.9 Å². The molecule has 2 rings (SSSR count). The first-order chi connectivity index (χ1) is 9.62. The van der Waals surface area contributed by atoms with E-state index < -0.39 is 5.54 Å². The summed E-state index contributed by atoms with van der Waals surface area (Å²) < 4.78 is 10.4. The number of aromatic nitrogens is 1. The maximum absolute atomic E-state index is 12.3. The molecule has 1 aliphatic carbocycles. The van der Waals surface area contributed by atoms with Gasteiger partial charge in [-0.3, -0.25) is 4.79 Å². The number of nitrogens with zero attached hydrogens (tertiary/aromatic N) is 1. The average Bonchev–Trinajstić information content (AvgIpc) is 3.22. The quantitative estimate of drug-likeness (QED) is 0.587. The van der Waals surface area contributed by atoms with Crippen molar-refractivity contribution in [2.75, 3.05) is 19.4 Å². The van der Waals surface area contributed by atoms with Crippen LogP contribution in [0.15, 0.2) is 15.9 Å². The van der Waals surface area contributed by atoms with Crippen LogP contribution in [0.4, 0.5) is 0 Å². The number of carbonyl (C=O) groups is 1. The zero-order valence-electron chi connectivity index (χ0n) is 12.3. The van der Waals surface area contributed by atoms with Crippen molar-refractivity contribution in [3.05, 3.63) is 12.0 Å². The molecule has 1 heterocycles. The van der Waals surface area contributed by atoms with Gasteiger partial charge in [-0.2, -0.15) is 0 Å². The molecule has 0 radical (unpaired) electrons. The lowest BCUT2D eigenvalue weighted by atomic mass is 9.95. The van der Waals surface area contributed by atoms with E-state index in [1.807, 2.05) is 6.92 Å². The summed E-state index contributed by atoms with van der Waals surface area (Å²) in [5, 5.41) is 4.01. The number of hydrogen-bond acceptors (Lipinski definition) is 6. The summed E-state index contributed by atoms with van der Waals surface area (Å²) in [5.74, 6) is 0.763. The molecule has 1 aromatic rings. The van der Waals surface area contributed by atoms with E-state index in [2.05, 4.69) is 17.2 Å². The Morgan fingerprint density at radius 3 is 2.90 bits per heavy atom. The number of aryl methyl sites for hydroxylation is 1. The molecule has 0 spiro atoms. The van der Waals surface area contributed by atoms with E-state index in [4.69, 9.17) is 9.15 Å². The fourth-order valence-electron chi connectivity index (χ4n) is 2.29. The highest BCUT2D eigenvalue weighted by Crippen LogP contribution is 2.43. The Morgan fingerprint density at radius 2 is 2.40 bits per heavy atom. The van der Waals surface area contributed by atoms with Gasteiger partial charge in [-0.1, -0.05) is 18.7 Å². The van der Waals surface area contributed by atoms with Gasteiger partial charge in [-0.05, 0) is 38.6 Å². The molecule has 5 nitrogen and oxygen atoms in total. The Labute approximate surface area is 123 Å². The van der Waals surface area contributed by atoms with Crippen molar-refractivity contribution in [3.8, 4) is 0 Å². The van der Waals surface area contributed by atoms with E-state index in [1.54, 1.807) is 6.26 Å². The number of carbonyl (C=O) groups excluding carboxylic acids is 1. The summed E-state index contributed by atoms with van der Waals surface area (Å²) >= 11 is 1.47. The zero-order chi connectivity index (χ0) is 14.6. The Morgan fingerprint density at radius 1 is 1.65 bits per heavy atom. The lowest BCUT2D eigenvalue weighted by Gasteiger charge is -2.31. The van der Waals surface area contributed by atoms with Gasteiger partial charge in [-0.25, -0.2) is 4.98 Å². The van der Waals surface area contributed by atoms with Crippen molar-refractivity contribution in [3.63, 3.8) is 0 Å². The Bertz CT molecular complexity index is 459. The first-order valence-electron chi connectivity index (χ1n) is 7.00. The van der Waals surface area contributed by atoms with Gasteiger partial charge in [0.15, 0.2) is 0 Å². The molecular weight excluding hydrogens is 276 g/mol. The Kier molecular flexibility index (Phi) is 5.10. The van der Waals surface area contributed by atoms with E-state index in [-0.39, 0.29) is 5.97 Å². The molecule has 1 aromatic heterocycles. The number of rotatable bonds is 8. The van der Waals surface area contributed by atoms with Crippen LogP contribution >= 0.6 is 11.8 Å². The molecule has 112 valence electrons. The molecule has 1 N–H and O–H groups in total. The second-order valence-electron chi connectivity index (χ2n) is 5.21. The van der Waals surface area contributed by atoms with Gasteiger partial charge in [-0.15, -0.1) is 0 Å². The van der Waals surface area contributed by atoms with Crippen molar-refractivity contribution in [1.82, 2.24) is 10.3 Å². The highest BCUT2D eigenvalue weighted by atomic mass is 32.2. The molecule has 1 fully saturated rings. The van der Waals surface area contributed by atoms with E-state index in [1.165, 1.54) is 18.9 Å². The average molecular weight is 298 g/mol. The Hall–Kier alpha value is -1.01. The maximum atomic E-state index is 12.3. The lowest BCUT2D eigenvalue weighted by molar-refractivity contribution is -0.148. The summed E-state index contributed by atoms with van der Waals surface area (Å²) in [5.41, 5.74) is 0.238. The Balaban J connectivity index is 2.09. The van der Waals surface area contributed by atoms with Gasteiger partial charge in [0.05, 0.1) is 12.8 Å². The molecule has 1 aliphatic rings. The van der Waals surface area contributed by atoms with Crippen molar-refractivity contribution >= 4 is 17.7 Å². The van der Waals surface area contributed by atoms with E-state index in [0.29, 0.717) is 16.9 Å². The summed E-state index contributed by atoms with van der Waals surface area (Å²) in [6, 6.07) is 0. The van der Waals surface area contributed by atoms with Crippen LogP contribution in [-0.2, 0) is 9.53 Å². The van der Waals surface area contributed by atoms with Crippen LogP contribution < -0.4 is 5.32 Å². The highest BCUT2D eigenvalue weighted by molar-refractivity contribution is 7.99. The number of ether oxygens (including phenoxy) is 1. The van der Waals surface area contributed by atoms with Crippen molar-refractivity contribution in [1.29, 1.82) is 0 Å². The SMILES string of the molecule is CCCNC(CSc1nc(C)co1)(C(=O)OC)C1CC1. The van der Waals surface area contributed by atoms with Crippen LogP contribution in [0.3, 0.4) is 0 Å². The number of methoxy groups -OCH3 is 1. The molecule has 6 heteroatoms. The number of oxazole rings is 1. The third-order valence-corrected chi connectivity index (χ3v) is 4.57. The van der Waals surface area contributed by atoms with E-state index in [9.17, 15) is 4.79 Å². The molecule has 1 unspecified atom stereocenters. The number of thioether (sulfide) groups is 1. The molecule has 20 heavy (non-hydrogen) atoms. The van der Waals surface area contributed by atoms with Crippen LogP contribution in [0.2, 0.25) is 0 Å². The number of nitrogens with one attached hydrogen (secondary N) is 1. The summed E-state index contributed by atoms with van der Waals surface area (Å²) in [6.45, 7) is 4.78. The molecule has 0 bridgehead atoms. The van der Waals surface area contributed by atoms with Crippen molar-refractivity contribution in [2.45, 2.75) is 43.9 Å². The standard InChI is InChI=1S/C14H22N2O3S/c1-4-7-15-14(11-5-6-11,12(17)18-3)9-20-13-16-10(2)8-19-13/h8,11,15H,4-7,9H2,1-3H3. The van der Waals surface area contributed by atoms with Gasteiger partial charge in [0, 0.05) is 5.75 Å². The summed E-state index contributed by atoms with van der Waals surface area (Å²) in [4.78, 5) is 16.6. The minimum atomic E-state index is -0.613. The lowest BCUT2D eigenvalue weighted by Crippen LogP contribution is -2.57. The first-order valence-corrected chi connectivity index (χ1v) is 7.99. The predicted octanol–water partition coefficient (Wildman–Crippen LogP) is 2.40. The molecular formula is C14H22N2O3S. The van der Waals surface area contributed by atoms with E-state index >= 15 is 0 Å². The van der Waals surface area contributed by atoms with E-state index in [0.717, 1.165) is 31.5 Å². The number of hydrogen-bond donors (Lipinski definition) is 1. The first kappa shape index (κ1) is 15.4. The topological polar surface area (TPSA) is 64.4 Å². The molecule has 1 atom stereocenters. The molecule has 0 amide bonds. The van der Waals surface area contributed by atoms with Crippen LogP contribution in [0.5, 0.6) is 0 Å². The fourth-order valence-corrected chi connectivity index (χ4v) is 3.42. The van der Waals surface area contributed by atoms with Crippen LogP contribution in [0.25, 0.3) is 0 Å². The fraction of sp³-hybridized carbons (Fsp3) is 0.714. The number of esters is 1. The van der Waals surface area contributed by atoms with Gasteiger partial charge in [0.1, 0.15) is 11.8 Å². The summed E-state index contributed by atoms with van der Waals surface area (Å²) in [6.07, 6.45) is 4.74. The summed E-state index contributed by atoms with van der Waals surface area (Å²) in [7, 11) is 1.45. The second kappa shape index (κ2) is 6.63. The van der Waals surface area contributed by atoms with Gasteiger partial charge in [0.2, 0.25) is 0 Å². The largest absolute Gasteiger partial charge is 0.468 e. The van der Waals surface area contributed by atoms with Gasteiger partial charge >= 0.3 is 5.97 Å². The smallest absolute Gasteiger partial charge is 0.327 e. The molecule has 1 saturated carbocycles. The third kappa shape index (κ3) is 3.35. The van der Waals surface area contributed by atoms with Crippen LogP contribution in [0.1, 0.15) is 31.9 Å². The highest BCUT2D eigenvalue weighted by Gasteiger charge is 2.51. The molecule has 0 aliphatic heterocycles. The third-order valence-electron chi connectivity index (χ3n) is 3.54. The van der Waals surface area contributed by atoms with Crippen molar-refractivity contribution in [2.24, 2.45) is 5.92 Å². The minimum Gasteiger partial charge on any atom is -0.468 e. The normalized spacial score (nSPS) is 17.8. The molecule has 0 saturated heterocycles. The van der Waals surface area contributed by atoms with Crippen molar-refractivity contribution < 1.29 is 13.9 Å². The zero-order valence-corrected chi connectivity index (χ0v) is 13.1. The molecule has 0 aromatic carbocycles. The van der Waals surface area contributed by atoms with Gasteiger partial charge < -0.3 is 14.5 Å². The van der Waals surface area contributed by atoms with Crippen LogP contribution in [0, 0.1) is 12.8 Å². The monoisotopic (exact) mass is 298 g/mol.